The Morgan fingerprint density at radius 3 is 2.62 bits per heavy atom. The molecule has 0 bridgehead atoms. The first kappa shape index (κ1) is 12.6. The Balaban J connectivity index is 3.10. The lowest BCUT2D eigenvalue weighted by Crippen LogP contribution is -2.27. The molecule has 0 atom stereocenters. The van der Waals surface area contributed by atoms with E-state index in [9.17, 15) is 4.79 Å². The van der Waals surface area contributed by atoms with Gasteiger partial charge in [-0.15, -0.1) is 11.8 Å². The molecule has 0 radical (unpaired) electrons. The fourth-order valence-electron chi connectivity index (χ4n) is 1.12. The summed E-state index contributed by atoms with van der Waals surface area (Å²) in [5.74, 6) is -0.886. The van der Waals surface area contributed by atoms with Crippen LogP contribution in [0.1, 0.15) is 25.0 Å². The number of nitriles is 1. The molecule has 84 valence electrons. The maximum Gasteiger partial charge on any atom is 0.319 e. The van der Waals surface area contributed by atoms with E-state index in [0.717, 1.165) is 10.5 Å². The molecule has 16 heavy (non-hydrogen) atoms. The van der Waals surface area contributed by atoms with Crippen molar-refractivity contribution in [3.8, 4) is 6.07 Å². The van der Waals surface area contributed by atoms with Crippen LogP contribution < -0.4 is 0 Å². The highest BCUT2D eigenvalue weighted by atomic mass is 32.2. The van der Waals surface area contributed by atoms with Crippen molar-refractivity contribution in [2.24, 2.45) is 0 Å². The highest BCUT2D eigenvalue weighted by Crippen LogP contribution is 2.35. The third-order valence-electron chi connectivity index (χ3n) is 2.14. The number of hydrogen-bond donors (Lipinski definition) is 1. The Morgan fingerprint density at radius 2 is 2.12 bits per heavy atom. The molecule has 1 aromatic rings. The van der Waals surface area contributed by atoms with E-state index >= 15 is 0 Å². The predicted octanol–water partition coefficient (Wildman–Crippen LogP) is 2.82. The number of benzene rings is 1. The van der Waals surface area contributed by atoms with E-state index in [0.29, 0.717) is 5.56 Å². The number of aryl methyl sites for hydroxylation is 1. The van der Waals surface area contributed by atoms with Gasteiger partial charge in [0.25, 0.3) is 0 Å². The van der Waals surface area contributed by atoms with Crippen LogP contribution in [0.4, 0.5) is 0 Å². The summed E-state index contributed by atoms with van der Waals surface area (Å²) >= 11 is 1.20. The van der Waals surface area contributed by atoms with Gasteiger partial charge < -0.3 is 5.11 Å². The monoisotopic (exact) mass is 235 g/mol. The third-order valence-corrected chi connectivity index (χ3v) is 3.38. The Hall–Kier alpha value is -1.47. The van der Waals surface area contributed by atoms with Crippen LogP contribution in [0.25, 0.3) is 0 Å². The Bertz CT molecular complexity index is 461. The number of carboxylic acids is 1. The normalized spacial score (nSPS) is 10.9. The van der Waals surface area contributed by atoms with Crippen LogP contribution in [-0.2, 0) is 4.79 Å². The summed E-state index contributed by atoms with van der Waals surface area (Å²) in [7, 11) is 0. The fraction of sp³-hybridized carbons (Fsp3) is 0.333. The van der Waals surface area contributed by atoms with E-state index in [-0.39, 0.29) is 0 Å². The zero-order valence-corrected chi connectivity index (χ0v) is 10.3. The van der Waals surface area contributed by atoms with Crippen LogP contribution in [-0.4, -0.2) is 15.8 Å². The van der Waals surface area contributed by atoms with Gasteiger partial charge in [-0.1, -0.05) is 6.07 Å². The number of rotatable bonds is 3. The summed E-state index contributed by atoms with van der Waals surface area (Å²) in [6.45, 7) is 5.17. The summed E-state index contributed by atoms with van der Waals surface area (Å²) < 4.78 is -0.931. The lowest BCUT2D eigenvalue weighted by atomic mass is 10.2. The topological polar surface area (TPSA) is 61.1 Å². The number of thioether (sulfide) groups is 1. The van der Waals surface area contributed by atoms with E-state index in [4.69, 9.17) is 10.4 Å². The summed E-state index contributed by atoms with van der Waals surface area (Å²) in [4.78, 5) is 11.7. The molecule has 0 aliphatic heterocycles. The van der Waals surface area contributed by atoms with Gasteiger partial charge >= 0.3 is 5.97 Å². The van der Waals surface area contributed by atoms with Gasteiger partial charge in [-0.25, -0.2) is 0 Å². The first-order valence-electron chi connectivity index (χ1n) is 4.80. The van der Waals surface area contributed by atoms with Crippen molar-refractivity contribution in [2.45, 2.75) is 30.4 Å². The van der Waals surface area contributed by atoms with Crippen molar-refractivity contribution in [1.29, 1.82) is 5.26 Å². The summed E-state index contributed by atoms with van der Waals surface area (Å²) in [6.07, 6.45) is 0. The average Bonchev–Trinajstić information content (AvgIpc) is 2.17. The molecule has 3 nitrogen and oxygen atoms in total. The molecule has 0 unspecified atom stereocenters. The second kappa shape index (κ2) is 4.58. The van der Waals surface area contributed by atoms with E-state index in [1.807, 2.05) is 19.1 Å². The van der Waals surface area contributed by atoms with E-state index in [2.05, 4.69) is 6.07 Å². The van der Waals surface area contributed by atoms with Crippen molar-refractivity contribution in [3.05, 3.63) is 29.3 Å². The van der Waals surface area contributed by atoms with E-state index in [1.165, 1.54) is 11.8 Å². The molecule has 1 N–H and O–H groups in total. The summed E-state index contributed by atoms with van der Waals surface area (Å²) in [5.41, 5.74) is 1.53. The minimum Gasteiger partial charge on any atom is -0.480 e. The van der Waals surface area contributed by atoms with Crippen molar-refractivity contribution in [3.63, 3.8) is 0 Å². The van der Waals surface area contributed by atoms with Crippen LogP contribution in [0.15, 0.2) is 23.1 Å². The van der Waals surface area contributed by atoms with Gasteiger partial charge in [0.2, 0.25) is 0 Å². The number of nitrogens with zero attached hydrogens (tertiary/aromatic N) is 1. The van der Waals surface area contributed by atoms with E-state index in [1.54, 1.807) is 19.9 Å². The van der Waals surface area contributed by atoms with Gasteiger partial charge in [0.15, 0.2) is 0 Å². The highest BCUT2D eigenvalue weighted by molar-refractivity contribution is 8.01. The largest absolute Gasteiger partial charge is 0.480 e. The maximum atomic E-state index is 11.0. The molecule has 0 amide bonds. The quantitative estimate of drug-likeness (QED) is 0.818. The fourth-order valence-corrected chi connectivity index (χ4v) is 2.23. The lowest BCUT2D eigenvalue weighted by molar-refractivity contribution is -0.138. The van der Waals surface area contributed by atoms with Crippen LogP contribution >= 0.6 is 11.8 Å². The third kappa shape index (κ3) is 2.77. The van der Waals surface area contributed by atoms with E-state index < -0.39 is 10.7 Å². The van der Waals surface area contributed by atoms with Crippen molar-refractivity contribution in [2.75, 3.05) is 0 Å². The lowest BCUT2D eigenvalue weighted by Gasteiger charge is -2.19. The minimum atomic E-state index is -0.931. The molecule has 4 heteroatoms. The van der Waals surface area contributed by atoms with Crippen molar-refractivity contribution >= 4 is 17.7 Å². The van der Waals surface area contributed by atoms with Gasteiger partial charge in [-0.3, -0.25) is 4.79 Å². The molecular formula is C12H13NO2S. The maximum absolute atomic E-state index is 11.0. The van der Waals surface area contributed by atoms with Gasteiger partial charge in [0, 0.05) is 4.90 Å². The van der Waals surface area contributed by atoms with Gasteiger partial charge in [0.05, 0.1) is 5.56 Å². The molecule has 0 heterocycles. The highest BCUT2D eigenvalue weighted by Gasteiger charge is 2.29. The van der Waals surface area contributed by atoms with Gasteiger partial charge in [-0.05, 0) is 38.5 Å². The first-order chi connectivity index (χ1) is 7.36. The predicted molar refractivity (Wildman–Crippen MR) is 63.5 cm³/mol. The smallest absolute Gasteiger partial charge is 0.319 e. The van der Waals surface area contributed by atoms with Crippen LogP contribution in [0.2, 0.25) is 0 Å². The zero-order valence-electron chi connectivity index (χ0n) is 9.44. The molecule has 0 saturated carbocycles. The Labute approximate surface area is 99.1 Å². The second-order valence-electron chi connectivity index (χ2n) is 4.03. The van der Waals surface area contributed by atoms with Crippen LogP contribution in [0.3, 0.4) is 0 Å². The molecule has 1 rings (SSSR count). The molecular weight excluding hydrogens is 222 g/mol. The zero-order chi connectivity index (χ0) is 12.3. The average molecular weight is 235 g/mol. The Kier molecular flexibility index (Phi) is 3.61. The molecule has 0 fully saturated rings. The molecule has 1 aromatic carbocycles. The number of hydrogen-bond acceptors (Lipinski definition) is 3. The number of carbonyl (C=O) groups is 1. The molecule has 0 saturated heterocycles. The molecule has 0 spiro atoms. The second-order valence-corrected chi connectivity index (χ2v) is 5.69. The Morgan fingerprint density at radius 1 is 1.50 bits per heavy atom. The van der Waals surface area contributed by atoms with Crippen molar-refractivity contribution in [1.82, 2.24) is 0 Å². The number of aliphatic carboxylic acids is 1. The minimum absolute atomic E-state index is 0.518. The van der Waals surface area contributed by atoms with Crippen LogP contribution in [0, 0.1) is 18.3 Å². The first-order valence-corrected chi connectivity index (χ1v) is 5.61. The molecule has 0 aromatic heterocycles. The SMILES string of the molecule is Cc1ccc(C#N)c(SC(C)(C)C(=O)O)c1. The molecule has 0 aliphatic rings. The van der Waals surface area contributed by atoms with Gasteiger partial charge in [0.1, 0.15) is 10.8 Å². The number of carboxylic acid groups (broad SMARTS) is 1. The van der Waals surface area contributed by atoms with Crippen LogP contribution in [0.5, 0.6) is 0 Å². The summed E-state index contributed by atoms with van der Waals surface area (Å²) in [6, 6.07) is 7.47. The summed E-state index contributed by atoms with van der Waals surface area (Å²) in [5, 5.41) is 18.0. The van der Waals surface area contributed by atoms with Gasteiger partial charge in [-0.2, -0.15) is 5.26 Å². The molecule has 0 aliphatic carbocycles. The van der Waals surface area contributed by atoms with Crippen molar-refractivity contribution < 1.29 is 9.90 Å². The standard InChI is InChI=1S/C12H13NO2S/c1-8-4-5-9(7-13)10(6-8)16-12(2,3)11(14)15/h4-6H,1-3H3,(H,14,15).